The molecule has 1 heterocycles. The van der Waals surface area contributed by atoms with Crippen LogP contribution in [0.1, 0.15) is 25.7 Å². The van der Waals surface area contributed by atoms with Crippen LogP contribution in [-0.4, -0.2) is 38.3 Å². The Morgan fingerprint density at radius 3 is 2.57 bits per heavy atom. The summed E-state index contributed by atoms with van der Waals surface area (Å²) in [7, 11) is -3.72. The van der Waals surface area contributed by atoms with Crippen molar-refractivity contribution in [3.8, 4) is 5.75 Å². The highest BCUT2D eigenvalue weighted by atomic mass is 35.5. The van der Waals surface area contributed by atoms with Crippen molar-refractivity contribution in [3.05, 3.63) is 53.1 Å². The molecule has 162 valence electrons. The number of carbonyl (C=O) groups excluding carboxylic acids is 1. The maximum Gasteiger partial charge on any atom is 0.244 e. The summed E-state index contributed by atoms with van der Waals surface area (Å²) in [5, 5.41) is 2.72. The Labute approximate surface area is 178 Å². The van der Waals surface area contributed by atoms with Gasteiger partial charge < -0.3 is 10.1 Å². The maximum absolute atomic E-state index is 13.5. The van der Waals surface area contributed by atoms with E-state index in [-0.39, 0.29) is 41.0 Å². The molecule has 10 heteroatoms. The molecule has 6 nitrogen and oxygen atoms in total. The molecule has 0 aliphatic carbocycles. The van der Waals surface area contributed by atoms with Gasteiger partial charge in [-0.1, -0.05) is 11.6 Å². The predicted molar refractivity (Wildman–Crippen MR) is 109 cm³/mol. The minimum Gasteiger partial charge on any atom is -0.491 e. The largest absolute Gasteiger partial charge is 0.491 e. The third-order valence-corrected chi connectivity index (χ3v) is 6.98. The lowest BCUT2D eigenvalue weighted by molar-refractivity contribution is -0.116. The molecule has 0 bridgehead atoms. The molecule has 1 saturated heterocycles. The summed E-state index contributed by atoms with van der Waals surface area (Å²) in [6.45, 7) is 0.957. The van der Waals surface area contributed by atoms with Crippen LogP contribution in [0.15, 0.2) is 41.3 Å². The van der Waals surface area contributed by atoms with Crippen LogP contribution < -0.4 is 10.1 Å². The van der Waals surface area contributed by atoms with Gasteiger partial charge in [-0.15, -0.1) is 0 Å². The molecular weight excluding hydrogens is 438 g/mol. The summed E-state index contributed by atoms with van der Waals surface area (Å²) in [4.78, 5) is 12.1. The summed E-state index contributed by atoms with van der Waals surface area (Å²) >= 11 is 6.09. The van der Waals surface area contributed by atoms with Crippen LogP contribution in [0.4, 0.5) is 14.5 Å². The molecule has 3 rings (SSSR count). The summed E-state index contributed by atoms with van der Waals surface area (Å²) in [6, 6.07) is 7.28. The molecule has 0 radical (unpaired) electrons. The number of halogens is 3. The van der Waals surface area contributed by atoms with Crippen LogP contribution in [0.3, 0.4) is 0 Å². The summed E-state index contributed by atoms with van der Waals surface area (Å²) in [5.74, 6) is -1.96. The Morgan fingerprint density at radius 1 is 1.13 bits per heavy atom. The molecule has 0 saturated carbocycles. The van der Waals surface area contributed by atoms with E-state index in [0.29, 0.717) is 18.8 Å². The summed E-state index contributed by atoms with van der Waals surface area (Å²) < 4.78 is 58.4. The first kappa shape index (κ1) is 22.5. The molecule has 1 aliphatic heterocycles. The van der Waals surface area contributed by atoms with Crippen molar-refractivity contribution in [2.45, 2.75) is 30.6 Å². The van der Waals surface area contributed by atoms with Crippen molar-refractivity contribution < 1.29 is 26.7 Å². The van der Waals surface area contributed by atoms with E-state index in [2.05, 4.69) is 5.32 Å². The van der Waals surface area contributed by atoms with Gasteiger partial charge in [0.2, 0.25) is 15.9 Å². The highest BCUT2D eigenvalue weighted by molar-refractivity contribution is 7.89. The number of amides is 1. The molecule has 2 aromatic carbocycles. The molecule has 1 amide bonds. The Kier molecular flexibility index (Phi) is 7.27. The first-order chi connectivity index (χ1) is 14.3. The molecule has 1 fully saturated rings. The monoisotopic (exact) mass is 458 g/mol. The zero-order valence-corrected chi connectivity index (χ0v) is 17.6. The van der Waals surface area contributed by atoms with Gasteiger partial charge in [-0.25, -0.2) is 17.2 Å². The van der Waals surface area contributed by atoms with Crippen molar-refractivity contribution in [1.82, 2.24) is 4.31 Å². The van der Waals surface area contributed by atoms with Crippen molar-refractivity contribution in [3.63, 3.8) is 0 Å². The number of ether oxygens (including phenoxy) is 1. The van der Waals surface area contributed by atoms with Crippen LogP contribution in [-0.2, 0) is 14.8 Å². The Hall–Kier alpha value is -2.23. The van der Waals surface area contributed by atoms with Crippen LogP contribution >= 0.6 is 11.6 Å². The van der Waals surface area contributed by atoms with Gasteiger partial charge in [0.1, 0.15) is 10.7 Å². The first-order valence-corrected chi connectivity index (χ1v) is 11.3. The number of rotatable bonds is 8. The fourth-order valence-electron chi connectivity index (χ4n) is 3.08. The Bertz CT molecular complexity index is 1030. The van der Waals surface area contributed by atoms with E-state index in [1.54, 1.807) is 0 Å². The topological polar surface area (TPSA) is 75.7 Å². The second-order valence-corrected chi connectivity index (χ2v) is 9.14. The fraction of sp³-hybridized carbons (Fsp3) is 0.350. The number of nitrogens with zero attached hydrogens (tertiary/aromatic N) is 1. The van der Waals surface area contributed by atoms with Crippen LogP contribution in [0.5, 0.6) is 5.75 Å². The lowest BCUT2D eigenvalue weighted by atomic mass is 10.2. The van der Waals surface area contributed by atoms with E-state index < -0.39 is 21.7 Å². The molecule has 0 aromatic heterocycles. The van der Waals surface area contributed by atoms with Crippen LogP contribution in [0.2, 0.25) is 5.02 Å². The quantitative estimate of drug-likeness (QED) is 0.601. The zero-order chi connectivity index (χ0) is 21.7. The number of benzene rings is 2. The van der Waals surface area contributed by atoms with Gasteiger partial charge in [-0.05, 0) is 49.6 Å². The van der Waals surface area contributed by atoms with E-state index in [0.717, 1.165) is 25.0 Å². The highest BCUT2D eigenvalue weighted by Crippen LogP contribution is 2.29. The average Bonchev–Trinajstić information content (AvgIpc) is 3.24. The number of anilines is 1. The van der Waals surface area contributed by atoms with Crippen molar-refractivity contribution in [1.29, 1.82) is 0 Å². The molecule has 2 aromatic rings. The minimum absolute atomic E-state index is 0.0426. The van der Waals surface area contributed by atoms with Gasteiger partial charge in [-0.3, -0.25) is 4.79 Å². The van der Waals surface area contributed by atoms with Gasteiger partial charge in [-0.2, -0.15) is 4.31 Å². The van der Waals surface area contributed by atoms with Crippen LogP contribution in [0.25, 0.3) is 0 Å². The average molecular weight is 459 g/mol. The standard InChI is InChI=1S/C20H21ClF2N2O4S/c21-16-7-6-15(13-19(16)30(27,28)25-9-1-2-10-25)24-20(26)4-3-11-29-18-8-5-14(22)12-17(18)23/h5-8,12-13H,1-4,9-11H2,(H,24,26). The van der Waals surface area contributed by atoms with Gasteiger partial charge in [0.05, 0.1) is 11.6 Å². The smallest absolute Gasteiger partial charge is 0.244 e. The van der Waals surface area contributed by atoms with Gasteiger partial charge >= 0.3 is 0 Å². The van der Waals surface area contributed by atoms with Crippen LogP contribution in [0, 0.1) is 11.6 Å². The third-order valence-electron chi connectivity index (χ3n) is 4.60. The molecule has 0 atom stereocenters. The van der Waals surface area contributed by atoms with E-state index in [1.807, 2.05) is 0 Å². The van der Waals surface area contributed by atoms with Crippen molar-refractivity contribution >= 4 is 33.2 Å². The molecule has 0 unspecified atom stereocenters. The first-order valence-electron chi connectivity index (χ1n) is 9.45. The predicted octanol–water partition coefficient (Wildman–Crippen LogP) is 4.20. The van der Waals surface area contributed by atoms with Crippen molar-refractivity contribution in [2.24, 2.45) is 0 Å². The fourth-order valence-corrected chi connectivity index (χ4v) is 5.09. The number of nitrogens with one attached hydrogen (secondary N) is 1. The van der Waals surface area contributed by atoms with Gasteiger partial charge in [0.15, 0.2) is 11.6 Å². The lowest BCUT2D eigenvalue weighted by Crippen LogP contribution is -2.28. The zero-order valence-electron chi connectivity index (χ0n) is 16.0. The summed E-state index contributed by atoms with van der Waals surface area (Å²) in [5.41, 5.74) is 0.313. The second kappa shape index (κ2) is 9.72. The third kappa shape index (κ3) is 5.47. The highest BCUT2D eigenvalue weighted by Gasteiger charge is 2.29. The van der Waals surface area contributed by atoms with E-state index in [4.69, 9.17) is 16.3 Å². The summed E-state index contributed by atoms with van der Waals surface area (Å²) in [6.07, 6.45) is 1.96. The molecular formula is C20H21ClF2N2O4S. The lowest BCUT2D eigenvalue weighted by Gasteiger charge is -2.17. The van der Waals surface area contributed by atoms with E-state index in [9.17, 15) is 22.0 Å². The number of sulfonamides is 1. The van der Waals surface area contributed by atoms with Gasteiger partial charge in [0.25, 0.3) is 0 Å². The Balaban J connectivity index is 1.55. The number of hydrogen-bond donors (Lipinski definition) is 1. The maximum atomic E-state index is 13.5. The molecule has 1 N–H and O–H groups in total. The van der Waals surface area contributed by atoms with E-state index >= 15 is 0 Å². The SMILES string of the molecule is O=C(CCCOc1ccc(F)cc1F)Nc1ccc(Cl)c(S(=O)(=O)N2CCCC2)c1. The number of carbonyl (C=O) groups is 1. The molecule has 0 spiro atoms. The molecule has 30 heavy (non-hydrogen) atoms. The Morgan fingerprint density at radius 2 is 1.87 bits per heavy atom. The minimum atomic E-state index is -3.72. The normalized spacial score (nSPS) is 14.6. The second-order valence-electron chi connectivity index (χ2n) is 6.83. The van der Waals surface area contributed by atoms with E-state index in [1.165, 1.54) is 28.6 Å². The van der Waals surface area contributed by atoms with Gasteiger partial charge in [0, 0.05) is 31.3 Å². The molecule has 1 aliphatic rings. The van der Waals surface area contributed by atoms with Crippen molar-refractivity contribution in [2.75, 3.05) is 25.0 Å². The number of hydrogen-bond acceptors (Lipinski definition) is 4.